The van der Waals surface area contributed by atoms with Gasteiger partial charge >= 0.3 is 0 Å². The number of ether oxygens (including phenoxy) is 1. The van der Waals surface area contributed by atoms with Crippen LogP contribution in [0, 0.1) is 6.92 Å². The zero-order valence-electron chi connectivity index (χ0n) is 11.3. The molecule has 0 amide bonds. The maximum Gasteiger partial charge on any atom is 0.158 e. The van der Waals surface area contributed by atoms with Crippen molar-refractivity contribution in [1.29, 1.82) is 0 Å². The van der Waals surface area contributed by atoms with Crippen molar-refractivity contribution < 1.29 is 4.74 Å². The summed E-state index contributed by atoms with van der Waals surface area (Å²) in [5.41, 5.74) is 2.87. The summed E-state index contributed by atoms with van der Waals surface area (Å²) in [5.74, 6) is 1.27. The van der Waals surface area contributed by atoms with Crippen LogP contribution in [0.1, 0.15) is 25.4 Å². The number of rotatable bonds is 5. The summed E-state index contributed by atoms with van der Waals surface area (Å²) in [5, 5.41) is 4.39. The first kappa shape index (κ1) is 13.4. The number of imidazole rings is 1. The van der Waals surface area contributed by atoms with Crippen molar-refractivity contribution in [2.75, 3.05) is 6.61 Å². The third-order valence-corrected chi connectivity index (χ3v) is 3.22. The number of hydrogen-bond acceptors (Lipinski definition) is 3. The molecule has 0 spiro atoms. The van der Waals surface area contributed by atoms with E-state index in [0.29, 0.717) is 12.5 Å². The lowest BCUT2D eigenvalue weighted by atomic mass is 10.4. The van der Waals surface area contributed by atoms with Gasteiger partial charge in [-0.1, -0.05) is 0 Å². The maximum absolute atomic E-state index is 5.97. The van der Waals surface area contributed by atoms with Crippen LogP contribution < -0.4 is 0 Å². The van der Waals surface area contributed by atoms with E-state index < -0.39 is 0 Å². The normalized spacial score (nSPS) is 13.4. The number of alkyl halides is 1. The molecule has 6 heteroatoms. The fourth-order valence-corrected chi connectivity index (χ4v) is 2.47. The first-order chi connectivity index (χ1) is 8.58. The third kappa shape index (κ3) is 2.24. The van der Waals surface area contributed by atoms with Crippen molar-refractivity contribution in [3.63, 3.8) is 0 Å². The van der Waals surface area contributed by atoms with Crippen molar-refractivity contribution in [2.45, 2.75) is 39.3 Å². The largest absolute Gasteiger partial charge is 0.377 e. The van der Waals surface area contributed by atoms with E-state index in [2.05, 4.69) is 21.6 Å². The minimum absolute atomic E-state index is 0.129. The second kappa shape index (κ2) is 5.28. The van der Waals surface area contributed by atoms with E-state index in [1.807, 2.05) is 25.6 Å². The van der Waals surface area contributed by atoms with Crippen LogP contribution in [-0.4, -0.2) is 32.0 Å². The molecule has 0 bridgehead atoms. The molecule has 0 saturated carbocycles. The Bertz CT molecular complexity index is 546. The lowest BCUT2D eigenvalue weighted by Gasteiger charge is -2.14. The Labute approximate surface area is 112 Å². The minimum Gasteiger partial charge on any atom is -0.377 e. The van der Waals surface area contributed by atoms with Crippen LogP contribution in [0.4, 0.5) is 0 Å². The molecule has 2 aromatic rings. The molecular formula is C12H19ClN4O. The number of aryl methyl sites for hydroxylation is 2. The Kier molecular flexibility index (Phi) is 3.92. The molecule has 0 saturated heterocycles. The molecule has 0 radical (unpaired) electrons. The predicted octanol–water partition coefficient (Wildman–Crippen LogP) is 2.24. The van der Waals surface area contributed by atoms with E-state index in [0.717, 1.165) is 29.2 Å². The Morgan fingerprint density at radius 2 is 2.17 bits per heavy atom. The van der Waals surface area contributed by atoms with Gasteiger partial charge in [-0.25, -0.2) is 4.98 Å². The standard InChI is InChI=1S/C12H19ClN4O/c1-5-18-8(2)7-17-10(6-13)14-11-9(3)15-16(4)12(11)17/h8H,5-7H2,1-4H3. The van der Waals surface area contributed by atoms with Crippen LogP contribution in [0.5, 0.6) is 0 Å². The topological polar surface area (TPSA) is 44.9 Å². The van der Waals surface area contributed by atoms with E-state index in [1.165, 1.54) is 0 Å². The van der Waals surface area contributed by atoms with Crippen molar-refractivity contribution in [1.82, 2.24) is 19.3 Å². The smallest absolute Gasteiger partial charge is 0.158 e. The Morgan fingerprint density at radius 3 is 2.78 bits per heavy atom. The van der Waals surface area contributed by atoms with Gasteiger partial charge in [0, 0.05) is 13.7 Å². The van der Waals surface area contributed by atoms with Crippen molar-refractivity contribution in [2.24, 2.45) is 7.05 Å². The lowest BCUT2D eigenvalue weighted by molar-refractivity contribution is 0.0641. The van der Waals surface area contributed by atoms with E-state index in [9.17, 15) is 0 Å². The first-order valence-electron chi connectivity index (χ1n) is 6.14. The van der Waals surface area contributed by atoms with Crippen LogP contribution in [0.15, 0.2) is 0 Å². The fourth-order valence-electron chi connectivity index (χ4n) is 2.27. The Balaban J connectivity index is 2.46. The fraction of sp³-hybridized carbons (Fsp3) is 0.667. The average Bonchev–Trinajstić information content (AvgIpc) is 2.80. The zero-order chi connectivity index (χ0) is 13.3. The van der Waals surface area contributed by atoms with Gasteiger partial charge in [-0.3, -0.25) is 4.68 Å². The monoisotopic (exact) mass is 270 g/mol. The quantitative estimate of drug-likeness (QED) is 0.783. The van der Waals surface area contributed by atoms with E-state index >= 15 is 0 Å². The van der Waals surface area contributed by atoms with Gasteiger partial charge in [0.15, 0.2) is 5.65 Å². The van der Waals surface area contributed by atoms with Gasteiger partial charge in [0.1, 0.15) is 11.3 Å². The summed E-state index contributed by atoms with van der Waals surface area (Å²) < 4.78 is 9.54. The highest BCUT2D eigenvalue weighted by molar-refractivity contribution is 6.16. The molecule has 1 atom stereocenters. The molecule has 18 heavy (non-hydrogen) atoms. The number of aromatic nitrogens is 4. The minimum atomic E-state index is 0.129. The second-order valence-corrected chi connectivity index (χ2v) is 4.69. The highest BCUT2D eigenvalue weighted by atomic mass is 35.5. The summed E-state index contributed by atoms with van der Waals surface area (Å²) in [7, 11) is 1.93. The maximum atomic E-state index is 5.97. The van der Waals surface area contributed by atoms with Gasteiger partial charge < -0.3 is 9.30 Å². The summed E-state index contributed by atoms with van der Waals surface area (Å²) in [6, 6.07) is 0. The zero-order valence-corrected chi connectivity index (χ0v) is 12.0. The number of fused-ring (bicyclic) bond motifs is 1. The average molecular weight is 271 g/mol. The third-order valence-electron chi connectivity index (χ3n) is 2.98. The van der Waals surface area contributed by atoms with E-state index in [-0.39, 0.29) is 6.10 Å². The van der Waals surface area contributed by atoms with Crippen LogP contribution in [0.25, 0.3) is 11.2 Å². The van der Waals surface area contributed by atoms with E-state index in [4.69, 9.17) is 16.3 Å². The van der Waals surface area contributed by atoms with Crippen LogP contribution in [-0.2, 0) is 24.2 Å². The SMILES string of the molecule is CCOC(C)Cn1c(CCl)nc2c(C)nn(C)c21. The van der Waals surface area contributed by atoms with Crippen LogP contribution in [0.3, 0.4) is 0 Å². The van der Waals surface area contributed by atoms with Crippen molar-refractivity contribution in [3.8, 4) is 0 Å². The van der Waals surface area contributed by atoms with E-state index in [1.54, 1.807) is 0 Å². The van der Waals surface area contributed by atoms with Gasteiger partial charge in [0.25, 0.3) is 0 Å². The number of halogens is 1. The van der Waals surface area contributed by atoms with Crippen molar-refractivity contribution >= 4 is 22.8 Å². The number of hydrogen-bond donors (Lipinski definition) is 0. The van der Waals surface area contributed by atoms with Gasteiger partial charge in [-0.15, -0.1) is 11.6 Å². The summed E-state index contributed by atoms with van der Waals surface area (Å²) in [6.45, 7) is 7.46. The Morgan fingerprint density at radius 1 is 1.44 bits per heavy atom. The van der Waals surface area contributed by atoms with Gasteiger partial charge in [0.05, 0.1) is 24.2 Å². The molecule has 100 valence electrons. The summed E-state index contributed by atoms with van der Waals surface area (Å²) >= 11 is 5.97. The number of nitrogens with zero attached hydrogens (tertiary/aromatic N) is 4. The molecular weight excluding hydrogens is 252 g/mol. The molecule has 2 aromatic heterocycles. The second-order valence-electron chi connectivity index (χ2n) is 4.42. The van der Waals surface area contributed by atoms with Crippen LogP contribution in [0.2, 0.25) is 0 Å². The van der Waals surface area contributed by atoms with Gasteiger partial charge in [-0.2, -0.15) is 5.10 Å². The highest BCUT2D eigenvalue weighted by Crippen LogP contribution is 2.20. The summed E-state index contributed by atoms with van der Waals surface area (Å²) in [6.07, 6.45) is 0.129. The molecule has 0 fully saturated rings. The predicted molar refractivity (Wildman–Crippen MR) is 71.9 cm³/mol. The Hall–Kier alpha value is -1.07. The summed E-state index contributed by atoms with van der Waals surface area (Å²) in [4.78, 5) is 4.56. The molecule has 0 aliphatic carbocycles. The molecule has 0 aliphatic rings. The molecule has 0 aliphatic heterocycles. The first-order valence-corrected chi connectivity index (χ1v) is 6.68. The molecule has 5 nitrogen and oxygen atoms in total. The lowest BCUT2D eigenvalue weighted by Crippen LogP contribution is -2.19. The molecule has 1 unspecified atom stereocenters. The van der Waals surface area contributed by atoms with Gasteiger partial charge in [0.2, 0.25) is 0 Å². The van der Waals surface area contributed by atoms with Crippen LogP contribution >= 0.6 is 11.6 Å². The molecule has 2 rings (SSSR count). The highest BCUT2D eigenvalue weighted by Gasteiger charge is 2.18. The van der Waals surface area contributed by atoms with Crippen molar-refractivity contribution in [3.05, 3.63) is 11.5 Å². The molecule has 2 heterocycles. The molecule has 0 aromatic carbocycles. The molecule has 0 N–H and O–H groups in total. The van der Waals surface area contributed by atoms with Gasteiger partial charge in [-0.05, 0) is 20.8 Å².